The molecule has 0 aliphatic carbocycles. The Hall–Kier alpha value is -2.65. The second-order valence-corrected chi connectivity index (χ2v) is 11.5. The predicted molar refractivity (Wildman–Crippen MR) is 144 cm³/mol. The highest BCUT2D eigenvalue weighted by Gasteiger charge is 2.38. The van der Waals surface area contributed by atoms with Gasteiger partial charge in [0.1, 0.15) is 5.60 Å². The molecule has 0 radical (unpaired) electrons. The van der Waals surface area contributed by atoms with Gasteiger partial charge < -0.3 is 28.9 Å². The number of likely N-dealkylation sites (tertiary alicyclic amines) is 1. The van der Waals surface area contributed by atoms with Gasteiger partial charge in [0.2, 0.25) is 0 Å². The summed E-state index contributed by atoms with van der Waals surface area (Å²) >= 11 is 0. The summed E-state index contributed by atoms with van der Waals surface area (Å²) in [4.78, 5) is 35.4. The van der Waals surface area contributed by atoms with Gasteiger partial charge in [0.05, 0.1) is 17.1 Å². The Bertz CT molecular complexity index is 1040. The molecule has 1 fully saturated rings. The third-order valence-electron chi connectivity index (χ3n) is 6.51. The summed E-state index contributed by atoms with van der Waals surface area (Å²) in [7, 11) is 1.69. The molecule has 1 aromatic carbocycles. The van der Waals surface area contributed by atoms with Gasteiger partial charge >= 0.3 is 6.09 Å². The van der Waals surface area contributed by atoms with Crippen molar-refractivity contribution in [2.24, 2.45) is 11.8 Å². The molecule has 1 aromatic heterocycles. The van der Waals surface area contributed by atoms with Crippen LogP contribution < -0.4 is 0 Å². The fourth-order valence-corrected chi connectivity index (χ4v) is 4.91. The molecule has 2 atom stereocenters. The first kappa shape index (κ1) is 28.9. The summed E-state index contributed by atoms with van der Waals surface area (Å²) in [5, 5.41) is 10.0. The van der Waals surface area contributed by atoms with E-state index in [1.807, 2.05) is 54.5 Å². The van der Waals surface area contributed by atoms with Crippen molar-refractivity contribution in [1.29, 1.82) is 0 Å². The van der Waals surface area contributed by atoms with Crippen LogP contribution in [0.15, 0.2) is 24.3 Å². The first-order valence-corrected chi connectivity index (χ1v) is 13.4. The number of fused-ring (bicyclic) bond motifs is 1. The molecule has 206 valence electrons. The molecule has 37 heavy (non-hydrogen) atoms. The van der Waals surface area contributed by atoms with E-state index in [2.05, 4.69) is 13.8 Å². The van der Waals surface area contributed by atoms with Crippen LogP contribution in [0.3, 0.4) is 0 Å². The number of benzene rings is 1. The number of ether oxygens (including phenoxy) is 2. The van der Waals surface area contributed by atoms with Gasteiger partial charge in [0.25, 0.3) is 5.91 Å². The van der Waals surface area contributed by atoms with Crippen LogP contribution in [0.5, 0.6) is 0 Å². The molecule has 0 spiro atoms. The van der Waals surface area contributed by atoms with Crippen molar-refractivity contribution in [1.82, 2.24) is 19.4 Å². The molecule has 2 heterocycles. The maximum Gasteiger partial charge on any atom is 0.410 e. The van der Waals surface area contributed by atoms with Crippen LogP contribution in [0.2, 0.25) is 0 Å². The maximum absolute atomic E-state index is 14.2. The number of carbonyl (C=O) groups is 2. The minimum Gasteiger partial charge on any atom is -0.444 e. The summed E-state index contributed by atoms with van der Waals surface area (Å²) in [6.45, 7) is 12.2. The Balaban J connectivity index is 1.93. The first-order valence-electron chi connectivity index (χ1n) is 13.4. The van der Waals surface area contributed by atoms with Gasteiger partial charge in [0, 0.05) is 52.4 Å². The third-order valence-corrected chi connectivity index (χ3v) is 6.51. The number of aromatic nitrogens is 2. The van der Waals surface area contributed by atoms with Crippen molar-refractivity contribution in [2.45, 2.75) is 72.1 Å². The highest BCUT2D eigenvalue weighted by molar-refractivity contribution is 5.95. The number of amides is 2. The van der Waals surface area contributed by atoms with Crippen molar-refractivity contribution in [2.75, 3.05) is 40.0 Å². The van der Waals surface area contributed by atoms with Gasteiger partial charge in [0.15, 0.2) is 5.82 Å². The number of aliphatic hydroxyl groups excluding tert-OH is 1. The fourth-order valence-electron chi connectivity index (χ4n) is 4.91. The lowest BCUT2D eigenvalue weighted by atomic mass is 9.93. The fraction of sp³-hybridized carbons (Fsp3) is 0.679. The van der Waals surface area contributed by atoms with Crippen molar-refractivity contribution in [3.63, 3.8) is 0 Å². The molecule has 0 saturated carbocycles. The largest absolute Gasteiger partial charge is 0.444 e. The molecule has 9 heteroatoms. The van der Waals surface area contributed by atoms with E-state index in [4.69, 9.17) is 14.5 Å². The van der Waals surface area contributed by atoms with Crippen molar-refractivity contribution >= 4 is 23.0 Å². The van der Waals surface area contributed by atoms with E-state index < -0.39 is 11.7 Å². The Morgan fingerprint density at radius 3 is 2.57 bits per heavy atom. The van der Waals surface area contributed by atoms with E-state index in [0.29, 0.717) is 45.0 Å². The molecule has 2 amide bonds. The molecule has 1 unspecified atom stereocenters. The van der Waals surface area contributed by atoms with Gasteiger partial charge in [-0.05, 0) is 58.1 Å². The van der Waals surface area contributed by atoms with Crippen LogP contribution in [0.4, 0.5) is 4.79 Å². The van der Waals surface area contributed by atoms with Crippen LogP contribution in [0.25, 0.3) is 11.0 Å². The maximum atomic E-state index is 14.2. The Labute approximate surface area is 220 Å². The molecule has 1 aliphatic heterocycles. The van der Waals surface area contributed by atoms with Crippen molar-refractivity contribution in [3.8, 4) is 0 Å². The Morgan fingerprint density at radius 2 is 1.92 bits per heavy atom. The lowest BCUT2D eigenvalue weighted by Crippen LogP contribution is -2.56. The number of nitrogens with zero attached hydrogens (tertiary/aromatic N) is 4. The average molecular weight is 517 g/mol. The number of para-hydroxylation sites is 2. The zero-order valence-corrected chi connectivity index (χ0v) is 23.3. The predicted octanol–water partition coefficient (Wildman–Crippen LogP) is 4.18. The molecule has 1 N–H and O–H groups in total. The summed E-state index contributed by atoms with van der Waals surface area (Å²) in [5.74, 6) is 0.341. The number of methoxy groups -OCH3 is 1. The monoisotopic (exact) mass is 516 g/mol. The summed E-state index contributed by atoms with van der Waals surface area (Å²) in [6, 6.07) is 7.55. The zero-order chi connectivity index (χ0) is 27.2. The number of rotatable bonds is 10. The highest BCUT2D eigenvalue weighted by Crippen LogP contribution is 2.26. The number of imidazole rings is 1. The van der Waals surface area contributed by atoms with E-state index in [1.165, 1.54) is 0 Å². The van der Waals surface area contributed by atoms with Crippen LogP contribution in [-0.4, -0.2) is 88.1 Å². The minimum atomic E-state index is -0.625. The number of hydrogen-bond acceptors (Lipinski definition) is 6. The van der Waals surface area contributed by atoms with Gasteiger partial charge in [-0.3, -0.25) is 4.79 Å². The van der Waals surface area contributed by atoms with Crippen molar-refractivity contribution in [3.05, 3.63) is 30.1 Å². The van der Waals surface area contributed by atoms with Gasteiger partial charge in [-0.1, -0.05) is 26.0 Å². The first-order chi connectivity index (χ1) is 17.5. The average Bonchev–Trinajstić information content (AvgIpc) is 3.22. The van der Waals surface area contributed by atoms with Gasteiger partial charge in [-0.15, -0.1) is 0 Å². The van der Waals surface area contributed by atoms with Gasteiger partial charge in [-0.25, -0.2) is 9.78 Å². The summed E-state index contributed by atoms with van der Waals surface area (Å²) in [5.41, 5.74) is 1.09. The molecule has 2 aromatic rings. The number of unbranched alkanes of at least 4 members (excludes halogenated alkanes) is 1. The molecule has 9 nitrogen and oxygen atoms in total. The SMILES string of the molecule is COCCCCn1c(C(=O)N(CC(C)C)[C@H]2CC(CO)CN(C(=O)OC(C)(C)C)C2)nc2ccccc21. The normalized spacial score (nSPS) is 18.4. The molecular formula is C28H44N4O5. The Kier molecular flexibility index (Phi) is 9.95. The molecule has 0 bridgehead atoms. The van der Waals surface area contributed by atoms with E-state index >= 15 is 0 Å². The molecule has 1 aliphatic rings. The summed E-state index contributed by atoms with van der Waals surface area (Å²) in [6.07, 6.45) is 1.94. The third kappa shape index (κ3) is 7.68. The van der Waals surface area contributed by atoms with E-state index in [0.717, 1.165) is 23.9 Å². The topological polar surface area (TPSA) is 97.1 Å². The molecule has 1 saturated heterocycles. The number of hydrogen-bond donors (Lipinski definition) is 1. The van der Waals surface area contributed by atoms with E-state index in [1.54, 1.807) is 12.0 Å². The molecular weight excluding hydrogens is 472 g/mol. The van der Waals surface area contributed by atoms with E-state index in [9.17, 15) is 14.7 Å². The van der Waals surface area contributed by atoms with Crippen LogP contribution in [0.1, 0.15) is 64.5 Å². The second kappa shape index (κ2) is 12.7. The quantitative estimate of drug-likeness (QED) is 0.476. The smallest absolute Gasteiger partial charge is 0.410 e. The zero-order valence-electron chi connectivity index (χ0n) is 23.3. The standard InChI is InChI=1S/C28H44N4O5/c1-20(2)16-32(22-15-21(19-33)17-30(18-22)27(35)37-28(3,4)5)26(34)25-29-23-11-7-8-12-24(23)31(25)13-9-10-14-36-6/h7-8,11-12,20-22,33H,9-10,13-19H2,1-6H3/t21?,22-/m0/s1. The lowest BCUT2D eigenvalue weighted by molar-refractivity contribution is -0.00457. The Morgan fingerprint density at radius 1 is 1.19 bits per heavy atom. The number of carbonyl (C=O) groups excluding carboxylic acids is 2. The van der Waals surface area contributed by atoms with Crippen LogP contribution in [0, 0.1) is 11.8 Å². The minimum absolute atomic E-state index is 0.0580. The number of aryl methyl sites for hydroxylation is 1. The lowest BCUT2D eigenvalue weighted by Gasteiger charge is -2.43. The van der Waals surface area contributed by atoms with E-state index in [-0.39, 0.29) is 30.4 Å². The number of aliphatic hydroxyl groups is 1. The van der Waals surface area contributed by atoms with Crippen LogP contribution >= 0.6 is 0 Å². The summed E-state index contributed by atoms with van der Waals surface area (Å²) < 4.78 is 12.8. The highest BCUT2D eigenvalue weighted by atomic mass is 16.6. The number of piperidine rings is 1. The molecule has 3 rings (SSSR count). The van der Waals surface area contributed by atoms with Gasteiger partial charge in [-0.2, -0.15) is 0 Å². The van der Waals surface area contributed by atoms with Crippen molar-refractivity contribution < 1.29 is 24.2 Å². The van der Waals surface area contributed by atoms with Crippen LogP contribution in [-0.2, 0) is 16.0 Å². The second-order valence-electron chi connectivity index (χ2n) is 11.5.